The number of hydrogen-bond donors (Lipinski definition) is 0. The third-order valence-electron chi connectivity index (χ3n) is 5.91. The monoisotopic (exact) mass is 467 g/mol. The Morgan fingerprint density at radius 1 is 0.941 bits per heavy atom. The number of nitrogens with zero attached hydrogens (tertiary/aromatic N) is 1. The molecule has 0 aromatic heterocycles. The lowest BCUT2D eigenvalue weighted by Gasteiger charge is -2.32. The Hall–Kier alpha value is -2.66. The van der Waals surface area contributed by atoms with Crippen molar-refractivity contribution in [2.45, 2.75) is 86.4 Å². The highest BCUT2D eigenvalue weighted by atomic mass is 16.5. The number of carbonyl (C=O) groups is 2. The van der Waals surface area contributed by atoms with Crippen molar-refractivity contribution in [3.05, 3.63) is 65.2 Å². The van der Waals surface area contributed by atoms with E-state index in [9.17, 15) is 9.59 Å². The molecular formula is C29H41NO4. The summed E-state index contributed by atoms with van der Waals surface area (Å²) >= 11 is 0. The van der Waals surface area contributed by atoms with Gasteiger partial charge in [-0.15, -0.1) is 0 Å². The van der Waals surface area contributed by atoms with Crippen molar-refractivity contribution in [3.63, 3.8) is 0 Å². The summed E-state index contributed by atoms with van der Waals surface area (Å²) < 4.78 is 11.2. The predicted molar refractivity (Wildman–Crippen MR) is 137 cm³/mol. The Balaban J connectivity index is 2.54. The molecule has 0 radical (unpaired) electrons. The predicted octanol–water partition coefficient (Wildman–Crippen LogP) is 6.34. The molecule has 0 aliphatic carbocycles. The van der Waals surface area contributed by atoms with E-state index in [1.807, 2.05) is 57.2 Å². The number of rotatable bonds is 10. The molecule has 186 valence electrons. The molecule has 1 atom stereocenters. The normalized spacial score (nSPS) is 12.8. The zero-order valence-corrected chi connectivity index (χ0v) is 22.1. The zero-order valence-electron chi connectivity index (χ0n) is 22.1. The van der Waals surface area contributed by atoms with E-state index in [0.29, 0.717) is 17.8 Å². The maximum atomic E-state index is 12.8. The van der Waals surface area contributed by atoms with Gasteiger partial charge >= 0.3 is 11.9 Å². The summed E-state index contributed by atoms with van der Waals surface area (Å²) in [6, 6.07) is 16.9. The summed E-state index contributed by atoms with van der Waals surface area (Å²) in [7, 11) is 0. The quantitative estimate of drug-likeness (QED) is 0.301. The van der Waals surface area contributed by atoms with Gasteiger partial charge in [0.1, 0.15) is 12.4 Å². The second-order valence-corrected chi connectivity index (χ2v) is 10.5. The molecule has 0 heterocycles. The zero-order chi connectivity index (χ0) is 25.5. The van der Waals surface area contributed by atoms with E-state index in [2.05, 4.69) is 44.7 Å². The third kappa shape index (κ3) is 7.98. The highest BCUT2D eigenvalue weighted by Gasteiger charge is 2.27. The molecule has 2 rings (SSSR count). The van der Waals surface area contributed by atoms with Crippen LogP contribution in [0.2, 0.25) is 0 Å². The topological polar surface area (TPSA) is 55.8 Å². The van der Waals surface area contributed by atoms with Crippen molar-refractivity contribution >= 4 is 11.9 Å². The van der Waals surface area contributed by atoms with Crippen molar-refractivity contribution in [2.24, 2.45) is 5.41 Å². The number of ether oxygens (including phenoxy) is 2. The van der Waals surface area contributed by atoms with Crippen molar-refractivity contribution < 1.29 is 19.1 Å². The molecule has 5 nitrogen and oxygen atoms in total. The molecule has 0 amide bonds. The molecule has 0 aliphatic rings. The fraction of sp³-hybridized carbons (Fsp3) is 0.517. The molecule has 0 saturated carbocycles. The number of benzene rings is 2. The first kappa shape index (κ1) is 27.6. The average Bonchev–Trinajstić information content (AvgIpc) is 2.75. The van der Waals surface area contributed by atoms with Gasteiger partial charge in [-0.25, -0.2) is 0 Å². The van der Waals surface area contributed by atoms with E-state index < -0.39 is 5.41 Å². The van der Waals surface area contributed by atoms with Crippen LogP contribution >= 0.6 is 0 Å². The summed E-state index contributed by atoms with van der Waals surface area (Å²) in [5.41, 5.74) is 2.34. The van der Waals surface area contributed by atoms with Gasteiger partial charge in [0.2, 0.25) is 0 Å². The van der Waals surface area contributed by atoms with Crippen LogP contribution in [0.25, 0.3) is 0 Å². The molecule has 0 spiro atoms. The van der Waals surface area contributed by atoms with Crippen LogP contribution in [0, 0.1) is 5.41 Å². The van der Waals surface area contributed by atoms with Crippen LogP contribution in [-0.2, 0) is 20.9 Å². The van der Waals surface area contributed by atoms with Crippen LogP contribution in [0.15, 0.2) is 48.5 Å². The van der Waals surface area contributed by atoms with Crippen molar-refractivity contribution in [2.75, 3.05) is 6.54 Å². The van der Waals surface area contributed by atoms with E-state index in [0.717, 1.165) is 29.7 Å². The van der Waals surface area contributed by atoms with Crippen LogP contribution in [0.4, 0.5) is 0 Å². The molecule has 5 heteroatoms. The van der Waals surface area contributed by atoms with Crippen LogP contribution in [0.3, 0.4) is 0 Å². The lowest BCUT2D eigenvalue weighted by molar-refractivity contribution is -0.143. The minimum Gasteiger partial charge on any atom is -0.461 e. The minimum absolute atomic E-state index is 0.0150. The fourth-order valence-corrected chi connectivity index (χ4v) is 4.07. The smallest absolute Gasteiger partial charge is 0.316 e. The molecule has 1 unspecified atom stereocenters. The first-order valence-electron chi connectivity index (χ1n) is 12.2. The molecule has 34 heavy (non-hydrogen) atoms. The van der Waals surface area contributed by atoms with E-state index in [1.54, 1.807) is 0 Å². The standard InChI is InChI=1S/C29H41NO4/c1-20(2)30(21(3)4)17-16-25(24-12-10-9-11-13-24)26-18-23(19-33-22(5)31)14-15-27(26)34-28(32)29(6,7)8/h9-15,18,20-21,25H,16-17,19H2,1-8H3. The van der Waals surface area contributed by atoms with Crippen LogP contribution in [0.1, 0.15) is 84.4 Å². The van der Waals surface area contributed by atoms with E-state index >= 15 is 0 Å². The maximum absolute atomic E-state index is 12.8. The van der Waals surface area contributed by atoms with E-state index in [1.165, 1.54) is 6.92 Å². The third-order valence-corrected chi connectivity index (χ3v) is 5.91. The molecule has 0 fully saturated rings. The second kappa shape index (κ2) is 12.2. The number of hydrogen-bond acceptors (Lipinski definition) is 5. The second-order valence-electron chi connectivity index (χ2n) is 10.5. The number of esters is 2. The fourth-order valence-electron chi connectivity index (χ4n) is 4.07. The first-order chi connectivity index (χ1) is 15.9. The van der Waals surface area contributed by atoms with Crippen molar-refractivity contribution in [1.82, 2.24) is 4.90 Å². The van der Waals surface area contributed by atoms with Gasteiger partial charge in [-0.3, -0.25) is 14.5 Å². The molecule has 0 N–H and O–H groups in total. The van der Waals surface area contributed by atoms with E-state index in [4.69, 9.17) is 9.47 Å². The summed E-state index contributed by atoms with van der Waals surface area (Å²) in [5, 5.41) is 0. The van der Waals surface area contributed by atoms with Crippen LogP contribution in [0.5, 0.6) is 5.75 Å². The van der Waals surface area contributed by atoms with Crippen molar-refractivity contribution in [3.8, 4) is 5.75 Å². The molecule has 0 aliphatic heterocycles. The summed E-state index contributed by atoms with van der Waals surface area (Å²) in [6.45, 7) is 16.9. The highest BCUT2D eigenvalue weighted by Crippen LogP contribution is 2.37. The Labute approximate surface area is 205 Å². The molecular weight excluding hydrogens is 426 g/mol. The Kier molecular flexibility index (Phi) is 9.87. The SMILES string of the molecule is CC(=O)OCc1ccc(OC(=O)C(C)(C)C)c(C(CCN(C(C)C)C(C)C)c2ccccc2)c1. The van der Waals surface area contributed by atoms with Crippen molar-refractivity contribution in [1.29, 1.82) is 0 Å². The van der Waals surface area contributed by atoms with Gasteiger partial charge in [0, 0.05) is 30.5 Å². The Bertz CT molecular complexity index is 936. The molecule has 0 bridgehead atoms. The maximum Gasteiger partial charge on any atom is 0.316 e. The number of carbonyl (C=O) groups excluding carboxylic acids is 2. The van der Waals surface area contributed by atoms with E-state index in [-0.39, 0.29) is 24.5 Å². The Morgan fingerprint density at radius 3 is 2.09 bits per heavy atom. The van der Waals surface area contributed by atoms with Gasteiger partial charge in [0.15, 0.2) is 0 Å². The van der Waals surface area contributed by atoms with Gasteiger partial charge in [0.05, 0.1) is 5.41 Å². The van der Waals surface area contributed by atoms with Crippen LogP contribution in [-0.4, -0.2) is 35.5 Å². The Morgan fingerprint density at radius 2 is 1.56 bits per heavy atom. The lowest BCUT2D eigenvalue weighted by atomic mass is 9.86. The minimum atomic E-state index is -0.623. The summed E-state index contributed by atoms with van der Waals surface area (Å²) in [5.74, 6) is -0.0320. The van der Waals surface area contributed by atoms with Crippen LogP contribution < -0.4 is 4.74 Å². The molecule has 2 aromatic carbocycles. The highest BCUT2D eigenvalue weighted by molar-refractivity contribution is 5.78. The summed E-state index contributed by atoms with van der Waals surface area (Å²) in [6.07, 6.45) is 0.859. The van der Waals surface area contributed by atoms with Gasteiger partial charge in [-0.05, 0) is 84.7 Å². The molecule has 0 saturated heterocycles. The van der Waals surface area contributed by atoms with Gasteiger partial charge < -0.3 is 9.47 Å². The molecule has 2 aromatic rings. The average molecular weight is 468 g/mol. The summed E-state index contributed by atoms with van der Waals surface area (Å²) in [4.78, 5) is 26.7. The van der Waals surface area contributed by atoms with Gasteiger partial charge in [-0.1, -0.05) is 36.4 Å². The van der Waals surface area contributed by atoms with Gasteiger partial charge in [-0.2, -0.15) is 0 Å². The van der Waals surface area contributed by atoms with Gasteiger partial charge in [0.25, 0.3) is 0 Å². The first-order valence-corrected chi connectivity index (χ1v) is 12.2. The lowest BCUT2D eigenvalue weighted by Crippen LogP contribution is -2.38. The largest absolute Gasteiger partial charge is 0.461 e.